The molecule has 0 spiro atoms. The molecule has 5 heteroatoms. The van der Waals surface area contributed by atoms with Gasteiger partial charge in [-0.1, -0.05) is 6.07 Å². The van der Waals surface area contributed by atoms with Gasteiger partial charge in [-0.2, -0.15) is 0 Å². The second-order valence-corrected chi connectivity index (χ2v) is 5.10. The Hall–Kier alpha value is -2.69. The summed E-state index contributed by atoms with van der Waals surface area (Å²) in [7, 11) is 0. The Balaban J connectivity index is 1.52. The van der Waals surface area contributed by atoms with Crippen molar-refractivity contribution in [3.05, 3.63) is 47.8 Å². The van der Waals surface area contributed by atoms with Crippen LogP contribution in [0.5, 0.6) is 11.5 Å². The average molecular weight is 281 g/mol. The Morgan fingerprint density at radius 2 is 2.05 bits per heavy atom. The van der Waals surface area contributed by atoms with E-state index in [0.717, 1.165) is 46.2 Å². The number of nitrogens with one attached hydrogen (secondary N) is 2. The Morgan fingerprint density at radius 3 is 3.00 bits per heavy atom. The number of aryl methyl sites for hydroxylation is 1. The summed E-state index contributed by atoms with van der Waals surface area (Å²) in [6.45, 7) is 3.00. The zero-order valence-electron chi connectivity index (χ0n) is 11.6. The third-order valence-corrected chi connectivity index (χ3v) is 3.53. The molecule has 0 aliphatic carbocycles. The van der Waals surface area contributed by atoms with E-state index in [2.05, 4.69) is 21.4 Å². The summed E-state index contributed by atoms with van der Waals surface area (Å²) in [6, 6.07) is 12.1. The number of aromatic nitrogens is 2. The highest BCUT2D eigenvalue weighted by Crippen LogP contribution is 2.32. The molecule has 2 N–H and O–H groups in total. The first-order valence-corrected chi connectivity index (χ1v) is 6.87. The van der Waals surface area contributed by atoms with Crippen molar-refractivity contribution < 1.29 is 9.47 Å². The number of hydrogen-bond donors (Lipinski definition) is 2. The van der Waals surface area contributed by atoms with Crippen molar-refractivity contribution in [2.45, 2.75) is 13.5 Å². The molecule has 1 aliphatic rings. The molecule has 0 unspecified atom stereocenters. The molecule has 2 aromatic carbocycles. The summed E-state index contributed by atoms with van der Waals surface area (Å²) < 4.78 is 10.7. The van der Waals surface area contributed by atoms with Gasteiger partial charge in [-0.3, -0.25) is 0 Å². The minimum atomic E-state index is 0.308. The zero-order chi connectivity index (χ0) is 14.2. The monoisotopic (exact) mass is 281 g/mol. The maximum Gasteiger partial charge on any atom is 0.231 e. The molecule has 0 saturated heterocycles. The molecule has 0 fully saturated rings. The maximum absolute atomic E-state index is 5.39. The molecule has 4 rings (SSSR count). The van der Waals surface area contributed by atoms with Gasteiger partial charge in [0.15, 0.2) is 11.5 Å². The highest BCUT2D eigenvalue weighted by atomic mass is 16.7. The lowest BCUT2D eigenvalue weighted by Crippen LogP contribution is -1.99. The van der Waals surface area contributed by atoms with Gasteiger partial charge in [-0.15, -0.1) is 0 Å². The van der Waals surface area contributed by atoms with Crippen LogP contribution in [0.1, 0.15) is 11.4 Å². The lowest BCUT2D eigenvalue weighted by atomic mass is 10.2. The minimum absolute atomic E-state index is 0.308. The quantitative estimate of drug-likeness (QED) is 0.774. The van der Waals surface area contributed by atoms with Crippen LogP contribution in [0, 0.1) is 6.92 Å². The second-order valence-electron chi connectivity index (χ2n) is 5.10. The smallest absolute Gasteiger partial charge is 0.231 e. The predicted octanol–water partition coefficient (Wildman–Crippen LogP) is 3.21. The topological polar surface area (TPSA) is 59.2 Å². The fourth-order valence-corrected chi connectivity index (χ4v) is 2.50. The number of fused-ring (bicyclic) bond motifs is 2. The van der Waals surface area contributed by atoms with Crippen LogP contribution < -0.4 is 14.8 Å². The number of hydrogen-bond acceptors (Lipinski definition) is 4. The van der Waals surface area contributed by atoms with Crippen LogP contribution in [0.4, 0.5) is 5.69 Å². The molecular weight excluding hydrogens is 266 g/mol. The van der Waals surface area contributed by atoms with E-state index in [4.69, 9.17) is 9.47 Å². The van der Waals surface area contributed by atoms with Gasteiger partial charge >= 0.3 is 0 Å². The first-order chi connectivity index (χ1) is 10.3. The second kappa shape index (κ2) is 4.70. The van der Waals surface area contributed by atoms with Gasteiger partial charge in [-0.25, -0.2) is 4.98 Å². The van der Waals surface area contributed by atoms with Crippen molar-refractivity contribution in [2.75, 3.05) is 12.1 Å². The number of ether oxygens (including phenoxy) is 2. The van der Waals surface area contributed by atoms with Crippen LogP contribution in [0.2, 0.25) is 0 Å². The van der Waals surface area contributed by atoms with Crippen molar-refractivity contribution in [3.8, 4) is 11.5 Å². The lowest BCUT2D eigenvalue weighted by molar-refractivity contribution is 0.174. The molecule has 0 bridgehead atoms. The molecule has 21 heavy (non-hydrogen) atoms. The summed E-state index contributed by atoms with van der Waals surface area (Å²) in [6.07, 6.45) is 0. The van der Waals surface area contributed by atoms with Crippen molar-refractivity contribution in [3.63, 3.8) is 0 Å². The van der Waals surface area contributed by atoms with E-state index in [1.54, 1.807) is 0 Å². The van der Waals surface area contributed by atoms with Crippen LogP contribution in [-0.4, -0.2) is 16.8 Å². The van der Waals surface area contributed by atoms with E-state index in [1.165, 1.54) is 0 Å². The lowest BCUT2D eigenvalue weighted by Gasteiger charge is -2.07. The number of aromatic amines is 1. The maximum atomic E-state index is 5.39. The SMILES string of the molecule is Cc1nc2ccc(NCc3ccc4c(c3)OCO4)cc2[nH]1. The standard InChI is InChI=1S/C16H15N3O2/c1-10-18-13-4-3-12(7-14(13)19-10)17-8-11-2-5-15-16(6-11)21-9-20-15/h2-7,17H,8-9H2,1H3,(H,18,19). The highest BCUT2D eigenvalue weighted by Gasteiger charge is 2.12. The van der Waals surface area contributed by atoms with Crippen molar-refractivity contribution in [1.82, 2.24) is 9.97 Å². The Morgan fingerprint density at radius 1 is 1.14 bits per heavy atom. The normalized spacial score (nSPS) is 12.8. The minimum Gasteiger partial charge on any atom is -0.454 e. The fraction of sp³-hybridized carbons (Fsp3) is 0.188. The average Bonchev–Trinajstić information content (AvgIpc) is 3.08. The van der Waals surface area contributed by atoms with Gasteiger partial charge in [0.2, 0.25) is 6.79 Å². The third kappa shape index (κ3) is 2.27. The van der Waals surface area contributed by atoms with Crippen molar-refractivity contribution >= 4 is 16.7 Å². The fourth-order valence-electron chi connectivity index (χ4n) is 2.50. The molecule has 0 saturated carbocycles. The van der Waals surface area contributed by atoms with Crippen LogP contribution in [0.15, 0.2) is 36.4 Å². The number of H-pyrrole nitrogens is 1. The van der Waals surface area contributed by atoms with Gasteiger partial charge in [0.05, 0.1) is 11.0 Å². The summed E-state index contributed by atoms with van der Waals surface area (Å²) in [5.41, 5.74) is 4.24. The van der Waals surface area contributed by atoms with Crippen LogP contribution in [-0.2, 0) is 6.54 Å². The molecule has 1 aliphatic heterocycles. The van der Waals surface area contributed by atoms with Gasteiger partial charge in [-0.05, 0) is 42.8 Å². The van der Waals surface area contributed by atoms with Gasteiger partial charge < -0.3 is 19.8 Å². The number of rotatable bonds is 3. The highest BCUT2D eigenvalue weighted by molar-refractivity contribution is 5.79. The molecule has 5 nitrogen and oxygen atoms in total. The number of anilines is 1. The van der Waals surface area contributed by atoms with Gasteiger partial charge in [0, 0.05) is 12.2 Å². The van der Waals surface area contributed by atoms with Crippen LogP contribution in [0.3, 0.4) is 0 Å². The summed E-state index contributed by atoms with van der Waals surface area (Å²) in [5.74, 6) is 2.56. The Bertz CT molecular complexity index is 810. The van der Waals surface area contributed by atoms with Crippen LogP contribution >= 0.6 is 0 Å². The van der Waals surface area contributed by atoms with Gasteiger partial charge in [0.1, 0.15) is 5.82 Å². The van der Waals surface area contributed by atoms with Gasteiger partial charge in [0.25, 0.3) is 0 Å². The Labute approximate surface area is 121 Å². The summed E-state index contributed by atoms with van der Waals surface area (Å²) in [5, 5.41) is 3.41. The third-order valence-electron chi connectivity index (χ3n) is 3.53. The zero-order valence-corrected chi connectivity index (χ0v) is 11.6. The largest absolute Gasteiger partial charge is 0.454 e. The predicted molar refractivity (Wildman–Crippen MR) is 80.7 cm³/mol. The molecule has 1 aromatic heterocycles. The van der Waals surface area contributed by atoms with Crippen LogP contribution in [0.25, 0.3) is 11.0 Å². The van der Waals surface area contributed by atoms with E-state index in [9.17, 15) is 0 Å². The molecule has 0 radical (unpaired) electrons. The van der Waals surface area contributed by atoms with Crippen molar-refractivity contribution in [2.24, 2.45) is 0 Å². The molecule has 0 atom stereocenters. The molecule has 0 amide bonds. The van der Waals surface area contributed by atoms with E-state index in [-0.39, 0.29) is 0 Å². The molecule has 3 aromatic rings. The van der Waals surface area contributed by atoms with E-state index < -0.39 is 0 Å². The van der Waals surface area contributed by atoms with E-state index in [1.807, 2.05) is 37.3 Å². The first-order valence-electron chi connectivity index (χ1n) is 6.87. The molecule has 106 valence electrons. The number of nitrogens with zero attached hydrogens (tertiary/aromatic N) is 1. The van der Waals surface area contributed by atoms with E-state index in [0.29, 0.717) is 6.79 Å². The summed E-state index contributed by atoms with van der Waals surface area (Å²) in [4.78, 5) is 7.64. The van der Waals surface area contributed by atoms with Crippen molar-refractivity contribution in [1.29, 1.82) is 0 Å². The van der Waals surface area contributed by atoms with E-state index >= 15 is 0 Å². The number of benzene rings is 2. The molecule has 2 heterocycles. The Kier molecular flexibility index (Phi) is 2.70. The molecular formula is C16H15N3O2. The first kappa shape index (κ1) is 12.1. The summed E-state index contributed by atoms with van der Waals surface area (Å²) >= 11 is 0. The number of imidazole rings is 1.